The smallest absolute Gasteiger partial charge is 0.167 e. The summed E-state index contributed by atoms with van der Waals surface area (Å²) >= 11 is 0. The fraction of sp³-hybridized carbons (Fsp3) is 0.381. The quantitative estimate of drug-likeness (QED) is 0.542. The van der Waals surface area contributed by atoms with Gasteiger partial charge in [-0.15, -0.1) is 5.10 Å². The standard InChI is InChI=1S/C21H24N4O/c1-20(2,15-9-7-10-16-18(15)23-25-22-16)12-13-21(3,4)19-14-8-5-6-11-17(14)26-24-19/h5-11H,12-13H2,1-4H3,(H,22,23,25). The van der Waals surface area contributed by atoms with Crippen LogP contribution in [0.2, 0.25) is 0 Å². The number of nitrogens with zero attached hydrogens (tertiary/aromatic N) is 3. The first kappa shape index (κ1) is 16.8. The van der Waals surface area contributed by atoms with E-state index in [9.17, 15) is 0 Å². The lowest BCUT2D eigenvalue weighted by atomic mass is 9.73. The molecule has 2 aromatic heterocycles. The molecular formula is C21H24N4O. The lowest BCUT2D eigenvalue weighted by Crippen LogP contribution is -2.25. The monoisotopic (exact) mass is 348 g/mol. The second-order valence-corrected chi connectivity index (χ2v) is 8.31. The van der Waals surface area contributed by atoms with Crippen LogP contribution in [-0.2, 0) is 10.8 Å². The number of aromatic amines is 1. The highest BCUT2D eigenvalue weighted by molar-refractivity contribution is 5.80. The number of nitrogens with one attached hydrogen (secondary N) is 1. The van der Waals surface area contributed by atoms with Crippen LogP contribution in [0, 0.1) is 0 Å². The summed E-state index contributed by atoms with van der Waals surface area (Å²) in [5, 5.41) is 16.7. The Morgan fingerprint density at radius 1 is 0.923 bits per heavy atom. The highest BCUT2D eigenvalue weighted by atomic mass is 16.5. The van der Waals surface area contributed by atoms with E-state index in [4.69, 9.17) is 4.52 Å². The van der Waals surface area contributed by atoms with Gasteiger partial charge in [-0.2, -0.15) is 0 Å². The van der Waals surface area contributed by atoms with Crippen molar-refractivity contribution in [3.8, 4) is 0 Å². The topological polar surface area (TPSA) is 67.6 Å². The number of hydrogen-bond donors (Lipinski definition) is 1. The van der Waals surface area contributed by atoms with Crippen molar-refractivity contribution in [2.45, 2.75) is 51.4 Å². The molecule has 2 heterocycles. The molecule has 0 atom stereocenters. The van der Waals surface area contributed by atoms with Gasteiger partial charge >= 0.3 is 0 Å². The molecule has 0 radical (unpaired) electrons. The summed E-state index contributed by atoms with van der Waals surface area (Å²) in [6.45, 7) is 9.02. The summed E-state index contributed by atoms with van der Waals surface area (Å²) in [6, 6.07) is 14.3. The van der Waals surface area contributed by atoms with E-state index in [-0.39, 0.29) is 10.8 Å². The molecule has 0 spiro atoms. The maximum atomic E-state index is 5.53. The van der Waals surface area contributed by atoms with Crippen molar-refractivity contribution in [3.05, 3.63) is 53.7 Å². The molecule has 26 heavy (non-hydrogen) atoms. The lowest BCUT2D eigenvalue weighted by Gasteiger charge is -2.30. The Labute approximate surface area is 152 Å². The Hall–Kier alpha value is -2.69. The van der Waals surface area contributed by atoms with Crippen LogP contribution in [0.15, 0.2) is 47.0 Å². The second kappa shape index (κ2) is 5.94. The number of para-hydroxylation sites is 1. The number of H-pyrrole nitrogens is 1. The molecule has 0 aliphatic heterocycles. The third-order valence-corrected chi connectivity index (χ3v) is 5.48. The van der Waals surface area contributed by atoms with Gasteiger partial charge in [-0.3, -0.25) is 5.10 Å². The third-order valence-electron chi connectivity index (χ3n) is 5.48. The molecule has 0 unspecified atom stereocenters. The van der Waals surface area contributed by atoms with E-state index in [0.717, 1.165) is 40.5 Å². The Kier molecular flexibility index (Phi) is 3.83. The van der Waals surface area contributed by atoms with Crippen molar-refractivity contribution in [3.63, 3.8) is 0 Å². The molecule has 0 aliphatic carbocycles. The molecule has 1 N–H and O–H groups in total. The Bertz CT molecular complexity index is 1060. The van der Waals surface area contributed by atoms with Gasteiger partial charge in [0.15, 0.2) is 5.58 Å². The summed E-state index contributed by atoms with van der Waals surface area (Å²) < 4.78 is 5.53. The van der Waals surface area contributed by atoms with Gasteiger partial charge in [-0.1, -0.05) is 62.3 Å². The Balaban J connectivity index is 1.62. The highest BCUT2D eigenvalue weighted by Gasteiger charge is 2.31. The summed E-state index contributed by atoms with van der Waals surface area (Å²) in [7, 11) is 0. The average Bonchev–Trinajstić information content (AvgIpc) is 3.26. The van der Waals surface area contributed by atoms with Crippen LogP contribution in [0.3, 0.4) is 0 Å². The number of fused-ring (bicyclic) bond motifs is 2. The molecule has 0 amide bonds. The van der Waals surface area contributed by atoms with Gasteiger partial charge in [0.25, 0.3) is 0 Å². The molecule has 5 nitrogen and oxygen atoms in total. The van der Waals surface area contributed by atoms with Gasteiger partial charge in [0.2, 0.25) is 0 Å². The number of benzene rings is 2. The van der Waals surface area contributed by atoms with Gasteiger partial charge < -0.3 is 4.52 Å². The van der Waals surface area contributed by atoms with Crippen molar-refractivity contribution >= 4 is 22.0 Å². The van der Waals surface area contributed by atoms with Crippen molar-refractivity contribution in [2.75, 3.05) is 0 Å². The molecule has 5 heteroatoms. The minimum atomic E-state index is -0.0818. The third kappa shape index (κ3) is 2.77. The van der Waals surface area contributed by atoms with Crippen LogP contribution < -0.4 is 0 Å². The van der Waals surface area contributed by atoms with Crippen molar-refractivity contribution in [2.24, 2.45) is 0 Å². The molecule has 134 valence electrons. The van der Waals surface area contributed by atoms with Crippen LogP contribution in [0.5, 0.6) is 0 Å². The number of rotatable bonds is 5. The normalized spacial score (nSPS) is 12.9. The SMILES string of the molecule is CC(C)(CCC(C)(C)c1cccc2[nH]nnc12)c1noc2ccccc12. The maximum absolute atomic E-state index is 5.53. The van der Waals surface area contributed by atoms with Crippen LogP contribution in [0.4, 0.5) is 0 Å². The zero-order chi connectivity index (χ0) is 18.4. The summed E-state index contributed by atoms with van der Waals surface area (Å²) in [5.41, 5.74) is 4.95. The molecule has 0 fully saturated rings. The summed E-state index contributed by atoms with van der Waals surface area (Å²) in [6.07, 6.45) is 2.00. The van der Waals surface area contributed by atoms with Crippen molar-refractivity contribution < 1.29 is 4.52 Å². The fourth-order valence-electron chi connectivity index (χ4n) is 3.67. The van der Waals surface area contributed by atoms with Gasteiger partial charge in [-0.25, -0.2) is 0 Å². The van der Waals surface area contributed by atoms with E-state index in [1.165, 1.54) is 5.56 Å². The van der Waals surface area contributed by atoms with Crippen molar-refractivity contribution in [1.29, 1.82) is 0 Å². The molecule has 4 aromatic rings. The maximum Gasteiger partial charge on any atom is 0.167 e. The van der Waals surface area contributed by atoms with E-state index in [2.05, 4.69) is 66.5 Å². The first-order valence-corrected chi connectivity index (χ1v) is 9.04. The zero-order valence-corrected chi connectivity index (χ0v) is 15.7. The average molecular weight is 348 g/mol. The van der Waals surface area contributed by atoms with Crippen LogP contribution >= 0.6 is 0 Å². The first-order chi connectivity index (χ1) is 12.4. The van der Waals surface area contributed by atoms with E-state index < -0.39 is 0 Å². The molecule has 0 saturated heterocycles. The minimum Gasteiger partial charge on any atom is -0.356 e. The first-order valence-electron chi connectivity index (χ1n) is 9.04. The second-order valence-electron chi connectivity index (χ2n) is 8.31. The van der Waals surface area contributed by atoms with Crippen molar-refractivity contribution in [1.82, 2.24) is 20.6 Å². The Morgan fingerprint density at radius 3 is 2.54 bits per heavy atom. The summed E-state index contributed by atoms with van der Waals surface area (Å²) in [4.78, 5) is 0. The van der Waals surface area contributed by atoms with Gasteiger partial charge in [-0.05, 0) is 42.0 Å². The van der Waals surface area contributed by atoms with Crippen LogP contribution in [0.25, 0.3) is 22.0 Å². The Morgan fingerprint density at radius 2 is 1.69 bits per heavy atom. The zero-order valence-electron chi connectivity index (χ0n) is 15.7. The fourth-order valence-corrected chi connectivity index (χ4v) is 3.67. The lowest BCUT2D eigenvalue weighted by molar-refractivity contribution is 0.350. The number of aromatic nitrogens is 4. The number of hydrogen-bond acceptors (Lipinski definition) is 4. The molecule has 0 bridgehead atoms. The van der Waals surface area contributed by atoms with Crippen LogP contribution in [0.1, 0.15) is 51.8 Å². The van der Waals surface area contributed by atoms with Gasteiger partial charge in [0.1, 0.15) is 5.52 Å². The van der Waals surface area contributed by atoms with E-state index in [1.807, 2.05) is 24.3 Å². The van der Waals surface area contributed by atoms with Crippen LogP contribution in [-0.4, -0.2) is 20.6 Å². The molecular weight excluding hydrogens is 324 g/mol. The predicted molar refractivity (Wildman–Crippen MR) is 103 cm³/mol. The molecule has 2 aromatic carbocycles. The van der Waals surface area contributed by atoms with E-state index in [1.54, 1.807) is 0 Å². The molecule has 0 aliphatic rings. The molecule has 0 saturated carbocycles. The van der Waals surface area contributed by atoms with E-state index in [0.29, 0.717) is 0 Å². The molecule has 4 rings (SSSR count). The largest absolute Gasteiger partial charge is 0.356 e. The predicted octanol–water partition coefficient (Wildman–Crippen LogP) is 5.13. The van der Waals surface area contributed by atoms with E-state index >= 15 is 0 Å². The van der Waals surface area contributed by atoms with Gasteiger partial charge in [0.05, 0.1) is 11.2 Å². The minimum absolute atomic E-state index is 0.0206. The van der Waals surface area contributed by atoms with Gasteiger partial charge in [0, 0.05) is 10.8 Å². The highest BCUT2D eigenvalue weighted by Crippen LogP contribution is 2.39. The summed E-state index contributed by atoms with van der Waals surface area (Å²) in [5.74, 6) is 0.